The van der Waals surface area contributed by atoms with Crippen LogP contribution in [0.3, 0.4) is 0 Å². The monoisotopic (exact) mass is 275 g/mol. The number of nitrogens with one attached hydrogen (secondary N) is 1. The first-order chi connectivity index (χ1) is 8.97. The van der Waals surface area contributed by atoms with Gasteiger partial charge in [0.2, 0.25) is 0 Å². The Morgan fingerprint density at radius 3 is 2.21 bits per heavy atom. The second kappa shape index (κ2) is 5.80. The molecular formula is C14H17F4N. The van der Waals surface area contributed by atoms with Gasteiger partial charge in [-0.05, 0) is 31.0 Å². The molecule has 0 bridgehead atoms. The number of anilines is 1. The van der Waals surface area contributed by atoms with Crippen molar-refractivity contribution >= 4 is 5.69 Å². The highest BCUT2D eigenvalue weighted by molar-refractivity contribution is 5.48. The maximum absolute atomic E-state index is 13.6. The SMILES string of the molecule is Fc1ccc(C(F)(F)F)cc1NC1CCCCCC1. The molecule has 0 spiro atoms. The van der Waals surface area contributed by atoms with Gasteiger partial charge >= 0.3 is 6.18 Å². The number of rotatable bonds is 2. The normalized spacial score (nSPS) is 18.1. The molecule has 2 rings (SSSR count). The Bertz CT molecular complexity index is 420. The molecule has 0 radical (unpaired) electrons. The Hall–Kier alpha value is -1.26. The summed E-state index contributed by atoms with van der Waals surface area (Å²) in [5.41, 5.74) is -0.855. The molecule has 1 saturated carbocycles. The summed E-state index contributed by atoms with van der Waals surface area (Å²) < 4.78 is 51.4. The second-order valence-electron chi connectivity index (χ2n) is 5.03. The summed E-state index contributed by atoms with van der Waals surface area (Å²) in [6.45, 7) is 0. The Labute approximate surface area is 110 Å². The predicted molar refractivity (Wildman–Crippen MR) is 66.5 cm³/mol. The van der Waals surface area contributed by atoms with Crippen LogP contribution in [-0.4, -0.2) is 6.04 Å². The molecule has 19 heavy (non-hydrogen) atoms. The van der Waals surface area contributed by atoms with Crippen molar-refractivity contribution in [2.75, 3.05) is 5.32 Å². The first-order valence-corrected chi connectivity index (χ1v) is 6.60. The van der Waals surface area contributed by atoms with E-state index in [-0.39, 0.29) is 11.7 Å². The van der Waals surface area contributed by atoms with E-state index in [2.05, 4.69) is 5.32 Å². The summed E-state index contributed by atoms with van der Waals surface area (Å²) in [4.78, 5) is 0. The van der Waals surface area contributed by atoms with Gasteiger partial charge in [0, 0.05) is 6.04 Å². The molecule has 0 atom stereocenters. The lowest BCUT2D eigenvalue weighted by atomic mass is 10.1. The molecule has 1 fully saturated rings. The van der Waals surface area contributed by atoms with Crippen LogP contribution in [0.25, 0.3) is 0 Å². The van der Waals surface area contributed by atoms with Crippen LogP contribution in [0, 0.1) is 5.82 Å². The summed E-state index contributed by atoms with van der Waals surface area (Å²) in [5, 5.41) is 2.93. The number of alkyl halides is 3. The minimum absolute atomic E-state index is 0.0401. The van der Waals surface area contributed by atoms with Gasteiger partial charge < -0.3 is 5.32 Å². The van der Waals surface area contributed by atoms with E-state index < -0.39 is 17.6 Å². The molecule has 5 heteroatoms. The summed E-state index contributed by atoms with van der Waals surface area (Å²) >= 11 is 0. The molecule has 0 aliphatic heterocycles. The third kappa shape index (κ3) is 3.85. The van der Waals surface area contributed by atoms with E-state index in [1.165, 1.54) is 0 Å². The van der Waals surface area contributed by atoms with Gasteiger partial charge in [-0.15, -0.1) is 0 Å². The van der Waals surface area contributed by atoms with Crippen molar-refractivity contribution in [3.63, 3.8) is 0 Å². The highest BCUT2D eigenvalue weighted by Crippen LogP contribution is 2.32. The van der Waals surface area contributed by atoms with Crippen LogP contribution in [0.1, 0.15) is 44.1 Å². The van der Waals surface area contributed by atoms with Gasteiger partial charge in [-0.25, -0.2) is 4.39 Å². The zero-order chi connectivity index (χ0) is 13.9. The molecule has 1 aliphatic rings. The number of hydrogen-bond acceptors (Lipinski definition) is 1. The zero-order valence-corrected chi connectivity index (χ0v) is 10.6. The fourth-order valence-corrected chi connectivity index (χ4v) is 2.46. The van der Waals surface area contributed by atoms with Crippen LogP contribution in [-0.2, 0) is 6.18 Å². The maximum Gasteiger partial charge on any atom is 0.416 e. The second-order valence-corrected chi connectivity index (χ2v) is 5.03. The number of hydrogen-bond donors (Lipinski definition) is 1. The molecule has 0 unspecified atom stereocenters. The van der Waals surface area contributed by atoms with E-state index in [1.807, 2.05) is 0 Å². The molecule has 0 saturated heterocycles. The van der Waals surface area contributed by atoms with Crippen LogP contribution in [0.4, 0.5) is 23.2 Å². The highest BCUT2D eigenvalue weighted by Gasteiger charge is 2.31. The first kappa shape index (κ1) is 14.2. The smallest absolute Gasteiger partial charge is 0.380 e. The molecule has 1 aliphatic carbocycles. The average Bonchev–Trinajstić information content (AvgIpc) is 2.59. The molecule has 0 heterocycles. The number of benzene rings is 1. The highest BCUT2D eigenvalue weighted by atomic mass is 19.4. The van der Waals surface area contributed by atoms with Gasteiger partial charge in [0.1, 0.15) is 5.82 Å². The standard InChI is InChI=1S/C14H17F4N/c15-12-8-7-10(14(16,17)18)9-13(12)19-11-5-3-1-2-4-6-11/h7-9,11,19H,1-6H2. The summed E-state index contributed by atoms with van der Waals surface area (Å²) in [7, 11) is 0. The molecule has 0 amide bonds. The van der Waals surface area contributed by atoms with Crippen molar-refractivity contribution in [3.8, 4) is 0 Å². The Morgan fingerprint density at radius 1 is 1.00 bits per heavy atom. The third-order valence-electron chi connectivity index (χ3n) is 3.51. The average molecular weight is 275 g/mol. The first-order valence-electron chi connectivity index (χ1n) is 6.60. The minimum Gasteiger partial charge on any atom is -0.380 e. The summed E-state index contributed by atoms with van der Waals surface area (Å²) in [5.74, 6) is -0.628. The quantitative estimate of drug-likeness (QED) is 0.593. The lowest BCUT2D eigenvalue weighted by Crippen LogP contribution is -2.19. The van der Waals surface area contributed by atoms with Crippen molar-refractivity contribution in [3.05, 3.63) is 29.6 Å². The summed E-state index contributed by atoms with van der Waals surface area (Å²) in [6.07, 6.45) is 1.70. The van der Waals surface area contributed by atoms with E-state index in [0.717, 1.165) is 56.7 Å². The zero-order valence-electron chi connectivity index (χ0n) is 10.6. The minimum atomic E-state index is -4.44. The van der Waals surface area contributed by atoms with Crippen molar-refractivity contribution in [1.29, 1.82) is 0 Å². The van der Waals surface area contributed by atoms with E-state index in [9.17, 15) is 17.6 Å². The van der Waals surface area contributed by atoms with Crippen LogP contribution >= 0.6 is 0 Å². The van der Waals surface area contributed by atoms with Gasteiger partial charge in [0.05, 0.1) is 11.3 Å². The molecule has 1 N–H and O–H groups in total. The van der Waals surface area contributed by atoms with Crippen LogP contribution in [0.5, 0.6) is 0 Å². The lowest BCUT2D eigenvalue weighted by molar-refractivity contribution is -0.137. The molecule has 1 nitrogen and oxygen atoms in total. The van der Waals surface area contributed by atoms with Gasteiger partial charge in [0.25, 0.3) is 0 Å². The Kier molecular flexibility index (Phi) is 4.32. The van der Waals surface area contributed by atoms with Crippen molar-refractivity contribution < 1.29 is 17.6 Å². The van der Waals surface area contributed by atoms with Gasteiger partial charge in [0.15, 0.2) is 0 Å². The molecule has 1 aromatic rings. The maximum atomic E-state index is 13.6. The fraction of sp³-hybridized carbons (Fsp3) is 0.571. The van der Waals surface area contributed by atoms with Gasteiger partial charge in [-0.3, -0.25) is 0 Å². The Balaban J connectivity index is 2.14. The summed E-state index contributed by atoms with van der Waals surface area (Å²) in [6, 6.07) is 2.58. The molecule has 0 aromatic heterocycles. The largest absolute Gasteiger partial charge is 0.416 e. The fourth-order valence-electron chi connectivity index (χ4n) is 2.46. The van der Waals surface area contributed by atoms with Crippen LogP contribution in [0.15, 0.2) is 18.2 Å². The van der Waals surface area contributed by atoms with Crippen molar-refractivity contribution in [2.45, 2.75) is 50.7 Å². The topological polar surface area (TPSA) is 12.0 Å². The van der Waals surface area contributed by atoms with Crippen molar-refractivity contribution in [2.24, 2.45) is 0 Å². The molecule has 106 valence electrons. The van der Waals surface area contributed by atoms with E-state index in [1.54, 1.807) is 0 Å². The lowest BCUT2D eigenvalue weighted by Gasteiger charge is -2.19. The number of halogens is 4. The van der Waals surface area contributed by atoms with E-state index >= 15 is 0 Å². The van der Waals surface area contributed by atoms with E-state index in [0.29, 0.717) is 0 Å². The third-order valence-corrected chi connectivity index (χ3v) is 3.51. The molecule has 1 aromatic carbocycles. The van der Waals surface area contributed by atoms with Crippen LogP contribution < -0.4 is 5.32 Å². The van der Waals surface area contributed by atoms with Gasteiger partial charge in [-0.2, -0.15) is 13.2 Å². The van der Waals surface area contributed by atoms with Crippen molar-refractivity contribution in [1.82, 2.24) is 0 Å². The molecular weight excluding hydrogens is 258 g/mol. The Morgan fingerprint density at radius 2 is 1.63 bits per heavy atom. The van der Waals surface area contributed by atoms with E-state index in [4.69, 9.17) is 0 Å². The van der Waals surface area contributed by atoms with Crippen LogP contribution in [0.2, 0.25) is 0 Å². The predicted octanol–water partition coefficient (Wildman–Crippen LogP) is 4.98. The van der Waals surface area contributed by atoms with Gasteiger partial charge in [-0.1, -0.05) is 25.7 Å².